The molecule has 3 rings (SSSR count). The van der Waals surface area contributed by atoms with Crippen molar-refractivity contribution in [3.05, 3.63) is 94.0 Å². The van der Waals surface area contributed by atoms with E-state index in [0.717, 1.165) is 16.7 Å². The Morgan fingerprint density at radius 3 is 2.23 bits per heavy atom. The third kappa shape index (κ3) is 4.90. The van der Waals surface area contributed by atoms with Crippen molar-refractivity contribution in [2.75, 3.05) is 12.4 Å². The molecule has 0 atom stereocenters. The fraction of sp³-hybridized carbons (Fsp3) is 0.174. The van der Waals surface area contributed by atoms with E-state index in [1.165, 1.54) is 11.4 Å². The highest BCUT2D eigenvalue weighted by Crippen LogP contribution is 2.23. The molecule has 0 fully saturated rings. The highest BCUT2D eigenvalue weighted by Gasteiger charge is 2.20. The minimum Gasteiger partial charge on any atom is -0.322 e. The van der Waals surface area contributed by atoms with Gasteiger partial charge in [-0.05, 0) is 61.4 Å². The first-order valence-corrected chi connectivity index (χ1v) is 11.2. The molecule has 0 saturated carbocycles. The van der Waals surface area contributed by atoms with Crippen LogP contribution in [0.15, 0.2) is 71.6 Å². The lowest BCUT2D eigenvalue weighted by atomic mass is 10.1. The number of nitrogens with zero attached hydrogens (tertiary/aromatic N) is 1. The summed E-state index contributed by atoms with van der Waals surface area (Å²) in [5.74, 6) is -0.257. The predicted octanol–water partition coefficient (Wildman–Crippen LogP) is 5.03. The zero-order valence-corrected chi connectivity index (χ0v) is 18.6. The summed E-state index contributed by atoms with van der Waals surface area (Å²) >= 11 is 6.10. The summed E-state index contributed by atoms with van der Waals surface area (Å²) in [4.78, 5) is 12.8. The Morgan fingerprint density at radius 1 is 0.967 bits per heavy atom. The summed E-state index contributed by atoms with van der Waals surface area (Å²) < 4.78 is 26.8. The smallest absolute Gasteiger partial charge is 0.255 e. The largest absolute Gasteiger partial charge is 0.322 e. The van der Waals surface area contributed by atoms with Gasteiger partial charge in [0.2, 0.25) is 10.0 Å². The maximum Gasteiger partial charge on any atom is 0.255 e. The fourth-order valence-electron chi connectivity index (χ4n) is 2.93. The zero-order valence-electron chi connectivity index (χ0n) is 17.0. The Hall–Kier alpha value is -2.67. The van der Waals surface area contributed by atoms with Gasteiger partial charge < -0.3 is 5.32 Å². The van der Waals surface area contributed by atoms with E-state index < -0.39 is 10.0 Å². The molecule has 3 aromatic carbocycles. The van der Waals surface area contributed by atoms with E-state index in [4.69, 9.17) is 11.6 Å². The average Bonchev–Trinajstić information content (AvgIpc) is 2.72. The first-order valence-electron chi connectivity index (χ1n) is 9.37. The summed E-state index contributed by atoms with van der Waals surface area (Å²) in [6, 6.07) is 18.9. The van der Waals surface area contributed by atoms with Crippen LogP contribution in [0.2, 0.25) is 5.02 Å². The molecule has 5 nitrogen and oxygen atoms in total. The molecule has 1 amide bonds. The van der Waals surface area contributed by atoms with Gasteiger partial charge in [0, 0.05) is 29.9 Å². The number of hydrogen-bond donors (Lipinski definition) is 1. The first-order chi connectivity index (χ1) is 14.2. The van der Waals surface area contributed by atoms with E-state index >= 15 is 0 Å². The van der Waals surface area contributed by atoms with Crippen molar-refractivity contribution in [2.45, 2.75) is 25.3 Å². The molecular formula is C23H23ClN2O3S. The fourth-order valence-corrected chi connectivity index (χ4v) is 4.26. The third-order valence-electron chi connectivity index (χ3n) is 4.87. The number of halogens is 1. The van der Waals surface area contributed by atoms with Crippen LogP contribution in [-0.2, 0) is 16.6 Å². The van der Waals surface area contributed by atoms with Gasteiger partial charge in [-0.1, -0.05) is 47.5 Å². The number of rotatable bonds is 6. The highest BCUT2D eigenvalue weighted by atomic mass is 35.5. The monoisotopic (exact) mass is 442 g/mol. The van der Waals surface area contributed by atoms with Gasteiger partial charge in [0.25, 0.3) is 5.91 Å². The van der Waals surface area contributed by atoms with Crippen LogP contribution >= 0.6 is 11.6 Å². The van der Waals surface area contributed by atoms with Crippen LogP contribution in [0.1, 0.15) is 27.0 Å². The molecule has 0 aromatic heterocycles. The maximum atomic E-state index is 12.7. The molecule has 0 unspecified atom stereocenters. The van der Waals surface area contributed by atoms with Crippen molar-refractivity contribution in [1.82, 2.24) is 4.31 Å². The second kappa shape index (κ2) is 9.00. The van der Waals surface area contributed by atoms with Crippen LogP contribution in [0.3, 0.4) is 0 Å². The standard InChI is InChI=1S/C23H23ClN2O3S/c1-16-7-13-20(14-8-16)30(28,29)26(3)15-18-9-11-19(12-10-18)23(27)25-22-6-4-5-21(24)17(22)2/h4-14H,15H2,1-3H3,(H,25,27). The molecule has 156 valence electrons. The molecular weight excluding hydrogens is 420 g/mol. The number of carbonyl (C=O) groups is 1. The van der Waals surface area contributed by atoms with Crippen molar-refractivity contribution in [3.8, 4) is 0 Å². The van der Waals surface area contributed by atoms with Gasteiger partial charge in [0.05, 0.1) is 4.90 Å². The number of nitrogens with one attached hydrogen (secondary N) is 1. The normalized spacial score (nSPS) is 11.5. The molecule has 0 saturated heterocycles. The Kier molecular flexibility index (Phi) is 6.61. The second-order valence-corrected chi connectivity index (χ2v) is 9.59. The van der Waals surface area contributed by atoms with Crippen LogP contribution in [0, 0.1) is 13.8 Å². The Balaban J connectivity index is 1.70. The quantitative estimate of drug-likeness (QED) is 0.582. The molecule has 0 bridgehead atoms. The highest BCUT2D eigenvalue weighted by molar-refractivity contribution is 7.89. The molecule has 1 N–H and O–H groups in total. The van der Waals surface area contributed by atoms with Crippen LogP contribution < -0.4 is 5.32 Å². The van der Waals surface area contributed by atoms with Crippen LogP contribution in [0.4, 0.5) is 5.69 Å². The number of carbonyl (C=O) groups excluding carboxylic acids is 1. The topological polar surface area (TPSA) is 66.5 Å². The predicted molar refractivity (Wildman–Crippen MR) is 120 cm³/mol. The zero-order chi connectivity index (χ0) is 21.9. The lowest BCUT2D eigenvalue weighted by molar-refractivity contribution is 0.102. The summed E-state index contributed by atoms with van der Waals surface area (Å²) in [7, 11) is -2.05. The SMILES string of the molecule is Cc1ccc(S(=O)(=O)N(C)Cc2ccc(C(=O)Nc3cccc(Cl)c3C)cc2)cc1. The van der Waals surface area contributed by atoms with Gasteiger partial charge in [-0.2, -0.15) is 4.31 Å². The van der Waals surface area contributed by atoms with E-state index in [-0.39, 0.29) is 17.3 Å². The minimum atomic E-state index is -3.59. The van der Waals surface area contributed by atoms with E-state index in [2.05, 4.69) is 5.32 Å². The van der Waals surface area contributed by atoms with Gasteiger partial charge in [0.1, 0.15) is 0 Å². The van der Waals surface area contributed by atoms with Crippen LogP contribution in [-0.4, -0.2) is 25.7 Å². The molecule has 0 aliphatic carbocycles. The van der Waals surface area contributed by atoms with Gasteiger partial charge >= 0.3 is 0 Å². The van der Waals surface area contributed by atoms with E-state index in [1.54, 1.807) is 66.7 Å². The van der Waals surface area contributed by atoms with Gasteiger partial charge in [-0.3, -0.25) is 4.79 Å². The van der Waals surface area contributed by atoms with Crippen molar-refractivity contribution < 1.29 is 13.2 Å². The minimum absolute atomic E-state index is 0.200. The Morgan fingerprint density at radius 2 is 1.60 bits per heavy atom. The van der Waals surface area contributed by atoms with Gasteiger partial charge in [-0.25, -0.2) is 8.42 Å². The van der Waals surface area contributed by atoms with Crippen molar-refractivity contribution >= 4 is 33.2 Å². The lowest BCUT2D eigenvalue weighted by Gasteiger charge is -2.17. The Bertz CT molecular complexity index is 1160. The molecule has 0 heterocycles. The third-order valence-corrected chi connectivity index (χ3v) is 7.09. The number of sulfonamides is 1. The molecule has 7 heteroatoms. The average molecular weight is 443 g/mol. The van der Waals surface area contributed by atoms with Crippen LogP contribution in [0.5, 0.6) is 0 Å². The Labute approximate surface area is 182 Å². The van der Waals surface area contributed by atoms with E-state index in [1.807, 2.05) is 13.8 Å². The number of amides is 1. The van der Waals surface area contributed by atoms with E-state index in [9.17, 15) is 13.2 Å². The first kappa shape index (κ1) is 22.0. The van der Waals surface area contributed by atoms with E-state index in [0.29, 0.717) is 16.3 Å². The lowest BCUT2D eigenvalue weighted by Crippen LogP contribution is -2.26. The van der Waals surface area contributed by atoms with Crippen molar-refractivity contribution in [3.63, 3.8) is 0 Å². The summed E-state index contributed by atoms with van der Waals surface area (Å²) in [6.45, 7) is 3.95. The molecule has 30 heavy (non-hydrogen) atoms. The molecule has 0 radical (unpaired) electrons. The van der Waals surface area contributed by atoms with Gasteiger partial charge in [-0.15, -0.1) is 0 Å². The van der Waals surface area contributed by atoms with Crippen molar-refractivity contribution in [1.29, 1.82) is 0 Å². The number of hydrogen-bond acceptors (Lipinski definition) is 3. The number of anilines is 1. The summed E-state index contributed by atoms with van der Waals surface area (Å²) in [5.41, 5.74) is 3.71. The number of aryl methyl sites for hydroxylation is 1. The number of benzene rings is 3. The summed E-state index contributed by atoms with van der Waals surface area (Å²) in [6.07, 6.45) is 0. The molecule has 0 aliphatic rings. The molecule has 3 aromatic rings. The second-order valence-electron chi connectivity index (χ2n) is 7.14. The molecule has 0 spiro atoms. The van der Waals surface area contributed by atoms with Gasteiger partial charge in [0.15, 0.2) is 0 Å². The maximum absolute atomic E-state index is 12.7. The van der Waals surface area contributed by atoms with Crippen molar-refractivity contribution in [2.24, 2.45) is 0 Å². The van der Waals surface area contributed by atoms with Crippen LogP contribution in [0.25, 0.3) is 0 Å². The molecule has 0 aliphatic heterocycles. The summed E-state index contributed by atoms with van der Waals surface area (Å²) in [5, 5.41) is 3.43.